The first-order chi connectivity index (χ1) is 7.31. The number of aromatic nitrogens is 1. The van der Waals surface area contributed by atoms with Crippen LogP contribution in [0.25, 0.3) is 0 Å². The Bertz CT molecular complexity index is 348. The Balaban J connectivity index is 2.16. The van der Waals surface area contributed by atoms with Crippen molar-refractivity contribution in [3.8, 4) is 5.88 Å². The van der Waals surface area contributed by atoms with Crippen molar-refractivity contribution in [3.63, 3.8) is 0 Å². The lowest BCUT2D eigenvalue weighted by atomic mass is 9.97. The molecule has 1 fully saturated rings. The van der Waals surface area contributed by atoms with Crippen LogP contribution in [0, 0.1) is 0 Å². The second-order valence-corrected chi connectivity index (χ2v) is 4.73. The SMILES string of the molecule is COc1cc(C2CCCCCC2=O)sn1. The van der Waals surface area contributed by atoms with Crippen LogP contribution in [-0.4, -0.2) is 17.3 Å². The van der Waals surface area contributed by atoms with Crippen LogP contribution in [0.2, 0.25) is 0 Å². The van der Waals surface area contributed by atoms with Crippen LogP contribution in [0.5, 0.6) is 5.88 Å². The summed E-state index contributed by atoms with van der Waals surface area (Å²) in [5.41, 5.74) is 0. The van der Waals surface area contributed by atoms with Crippen molar-refractivity contribution in [3.05, 3.63) is 10.9 Å². The highest BCUT2D eigenvalue weighted by molar-refractivity contribution is 7.06. The summed E-state index contributed by atoms with van der Waals surface area (Å²) in [6.07, 6.45) is 5.08. The van der Waals surface area contributed by atoms with Gasteiger partial charge in [0.25, 0.3) is 0 Å². The number of carbonyl (C=O) groups excluding carboxylic acids is 1. The van der Waals surface area contributed by atoms with Crippen molar-refractivity contribution >= 4 is 17.3 Å². The molecule has 1 heterocycles. The Morgan fingerprint density at radius 2 is 2.33 bits per heavy atom. The van der Waals surface area contributed by atoms with Crippen molar-refractivity contribution < 1.29 is 9.53 Å². The molecule has 0 spiro atoms. The topological polar surface area (TPSA) is 39.2 Å². The predicted molar refractivity (Wildman–Crippen MR) is 59.5 cm³/mol. The quantitative estimate of drug-likeness (QED) is 0.726. The number of methoxy groups -OCH3 is 1. The number of rotatable bonds is 2. The van der Waals surface area contributed by atoms with Crippen molar-refractivity contribution in [1.29, 1.82) is 0 Å². The zero-order valence-corrected chi connectivity index (χ0v) is 9.68. The van der Waals surface area contributed by atoms with Crippen molar-refractivity contribution in [2.24, 2.45) is 0 Å². The van der Waals surface area contributed by atoms with Crippen LogP contribution in [0.3, 0.4) is 0 Å². The van der Waals surface area contributed by atoms with E-state index in [1.807, 2.05) is 6.07 Å². The summed E-state index contributed by atoms with van der Waals surface area (Å²) in [7, 11) is 1.60. The van der Waals surface area contributed by atoms with Gasteiger partial charge in [-0.1, -0.05) is 12.8 Å². The molecule has 0 radical (unpaired) electrons. The standard InChI is InChI=1S/C11H15NO2S/c1-14-11-7-10(15-12-11)8-5-3-2-4-6-9(8)13/h7-8H,2-6H2,1H3. The molecule has 0 amide bonds. The molecule has 0 aromatic carbocycles. The van der Waals surface area contributed by atoms with E-state index in [0.29, 0.717) is 11.7 Å². The third-order valence-corrected chi connectivity index (χ3v) is 3.75. The van der Waals surface area contributed by atoms with E-state index in [2.05, 4.69) is 4.37 Å². The van der Waals surface area contributed by atoms with Crippen LogP contribution < -0.4 is 4.74 Å². The molecular formula is C11H15NO2S. The Hall–Kier alpha value is -0.900. The van der Waals surface area contributed by atoms with Gasteiger partial charge in [-0.3, -0.25) is 4.79 Å². The molecule has 1 aromatic heterocycles. The molecule has 1 atom stereocenters. The van der Waals surface area contributed by atoms with E-state index in [9.17, 15) is 4.79 Å². The zero-order chi connectivity index (χ0) is 10.7. The van der Waals surface area contributed by atoms with E-state index in [1.54, 1.807) is 7.11 Å². The summed E-state index contributed by atoms with van der Waals surface area (Å²) in [4.78, 5) is 12.9. The normalized spacial score (nSPS) is 22.5. The van der Waals surface area contributed by atoms with Gasteiger partial charge in [0.2, 0.25) is 5.88 Å². The van der Waals surface area contributed by atoms with Gasteiger partial charge >= 0.3 is 0 Å². The molecular weight excluding hydrogens is 210 g/mol. The molecule has 1 saturated carbocycles. The number of nitrogens with zero attached hydrogens (tertiary/aromatic N) is 1. The van der Waals surface area contributed by atoms with Gasteiger partial charge in [-0.2, -0.15) is 4.37 Å². The van der Waals surface area contributed by atoms with Crippen LogP contribution in [0.4, 0.5) is 0 Å². The van der Waals surface area contributed by atoms with Gasteiger partial charge in [0, 0.05) is 17.4 Å². The number of Topliss-reactive ketones (excluding diaryl/α,β-unsaturated/α-hetero) is 1. The van der Waals surface area contributed by atoms with Gasteiger partial charge in [-0.15, -0.1) is 0 Å². The van der Waals surface area contributed by atoms with Crippen LogP contribution in [0.15, 0.2) is 6.07 Å². The highest BCUT2D eigenvalue weighted by Gasteiger charge is 2.24. The number of hydrogen-bond acceptors (Lipinski definition) is 4. The molecule has 1 unspecified atom stereocenters. The zero-order valence-electron chi connectivity index (χ0n) is 8.86. The fourth-order valence-electron chi connectivity index (χ4n) is 1.99. The van der Waals surface area contributed by atoms with E-state index in [-0.39, 0.29) is 5.92 Å². The smallest absolute Gasteiger partial charge is 0.225 e. The molecule has 15 heavy (non-hydrogen) atoms. The number of ketones is 1. The summed E-state index contributed by atoms with van der Waals surface area (Å²) in [6.45, 7) is 0. The molecule has 3 nitrogen and oxygen atoms in total. The lowest BCUT2D eigenvalue weighted by Gasteiger charge is -2.08. The first kappa shape index (κ1) is 10.6. The van der Waals surface area contributed by atoms with E-state index < -0.39 is 0 Å². The molecule has 1 aliphatic rings. The van der Waals surface area contributed by atoms with E-state index in [0.717, 1.165) is 30.6 Å². The summed E-state index contributed by atoms with van der Waals surface area (Å²) in [5, 5.41) is 0. The van der Waals surface area contributed by atoms with Crippen molar-refractivity contribution in [1.82, 2.24) is 4.37 Å². The molecule has 0 bridgehead atoms. The largest absolute Gasteiger partial charge is 0.480 e. The molecule has 2 rings (SSSR count). The maximum atomic E-state index is 11.9. The minimum atomic E-state index is 0.0777. The van der Waals surface area contributed by atoms with Gasteiger partial charge < -0.3 is 4.74 Å². The lowest BCUT2D eigenvalue weighted by Crippen LogP contribution is -2.08. The second kappa shape index (κ2) is 4.75. The third-order valence-electron chi connectivity index (χ3n) is 2.86. The molecule has 1 aromatic rings. The average molecular weight is 225 g/mol. The Kier molecular flexibility index (Phi) is 3.36. The first-order valence-corrected chi connectivity index (χ1v) is 6.12. The molecule has 4 heteroatoms. The number of ether oxygens (including phenoxy) is 1. The lowest BCUT2D eigenvalue weighted by molar-refractivity contribution is -0.120. The molecule has 1 aliphatic carbocycles. The van der Waals surface area contributed by atoms with E-state index in [1.165, 1.54) is 18.0 Å². The summed E-state index contributed by atoms with van der Waals surface area (Å²) in [6, 6.07) is 1.90. The number of carbonyl (C=O) groups is 1. The maximum Gasteiger partial charge on any atom is 0.225 e. The minimum absolute atomic E-state index is 0.0777. The maximum absolute atomic E-state index is 11.9. The average Bonchev–Trinajstić information content (AvgIpc) is 2.62. The summed E-state index contributed by atoms with van der Waals surface area (Å²) in [5.74, 6) is 1.08. The van der Waals surface area contributed by atoms with Crippen LogP contribution in [-0.2, 0) is 4.79 Å². The van der Waals surface area contributed by atoms with Gasteiger partial charge in [0.1, 0.15) is 5.78 Å². The van der Waals surface area contributed by atoms with Crippen LogP contribution in [0.1, 0.15) is 42.9 Å². The Morgan fingerprint density at radius 3 is 3.07 bits per heavy atom. The van der Waals surface area contributed by atoms with Gasteiger partial charge in [0.15, 0.2) is 0 Å². The minimum Gasteiger partial charge on any atom is -0.480 e. The fraction of sp³-hybridized carbons (Fsp3) is 0.636. The molecule has 82 valence electrons. The van der Waals surface area contributed by atoms with Crippen molar-refractivity contribution in [2.45, 2.75) is 38.0 Å². The second-order valence-electron chi connectivity index (χ2n) is 3.89. The highest BCUT2D eigenvalue weighted by Crippen LogP contribution is 2.33. The molecule has 0 saturated heterocycles. The van der Waals surface area contributed by atoms with Gasteiger partial charge in [-0.05, 0) is 24.4 Å². The molecule has 0 aliphatic heterocycles. The van der Waals surface area contributed by atoms with Gasteiger partial charge in [0.05, 0.1) is 13.0 Å². The third kappa shape index (κ3) is 2.37. The fourth-order valence-corrected chi connectivity index (χ4v) is 2.85. The monoisotopic (exact) mass is 225 g/mol. The van der Waals surface area contributed by atoms with Crippen molar-refractivity contribution in [2.75, 3.05) is 7.11 Å². The van der Waals surface area contributed by atoms with E-state index >= 15 is 0 Å². The van der Waals surface area contributed by atoms with E-state index in [4.69, 9.17) is 4.74 Å². The van der Waals surface area contributed by atoms with Gasteiger partial charge in [-0.25, -0.2) is 0 Å². The Labute approximate surface area is 93.6 Å². The first-order valence-electron chi connectivity index (χ1n) is 5.34. The summed E-state index contributed by atoms with van der Waals surface area (Å²) >= 11 is 1.40. The van der Waals surface area contributed by atoms with Crippen LogP contribution >= 0.6 is 11.5 Å². The Morgan fingerprint density at radius 1 is 1.47 bits per heavy atom. The predicted octanol–water partition coefficient (Wildman–Crippen LogP) is 2.77. The number of hydrogen-bond donors (Lipinski definition) is 0. The molecule has 0 N–H and O–H groups in total. The summed E-state index contributed by atoms with van der Waals surface area (Å²) < 4.78 is 9.18. The highest BCUT2D eigenvalue weighted by atomic mass is 32.1.